The van der Waals surface area contributed by atoms with Gasteiger partial charge in [-0.2, -0.15) is 0 Å². The monoisotopic (exact) mass is 382 g/mol. The van der Waals surface area contributed by atoms with Crippen molar-refractivity contribution in [3.05, 3.63) is 53.6 Å². The van der Waals surface area contributed by atoms with E-state index in [2.05, 4.69) is 40.5 Å². The average molecular weight is 383 g/mol. The molecule has 1 saturated heterocycles. The molecule has 1 aliphatic rings. The van der Waals surface area contributed by atoms with Crippen LogP contribution in [0, 0.1) is 0 Å². The Morgan fingerprint density at radius 2 is 1.86 bits per heavy atom. The van der Waals surface area contributed by atoms with E-state index in [4.69, 9.17) is 9.47 Å². The first-order valence-corrected chi connectivity index (χ1v) is 9.99. The minimum absolute atomic E-state index is 0.00108. The zero-order valence-corrected chi connectivity index (χ0v) is 17.0. The lowest BCUT2D eigenvalue weighted by Gasteiger charge is -2.34. The van der Waals surface area contributed by atoms with Crippen LogP contribution >= 0.6 is 0 Å². The highest BCUT2D eigenvalue weighted by molar-refractivity contribution is 5.72. The maximum Gasteiger partial charge on any atom is 0.217 e. The fourth-order valence-electron chi connectivity index (χ4n) is 3.76. The van der Waals surface area contributed by atoms with Crippen molar-refractivity contribution in [3.8, 4) is 11.5 Å². The van der Waals surface area contributed by atoms with Crippen molar-refractivity contribution in [2.45, 2.75) is 39.2 Å². The predicted octanol–water partition coefficient (Wildman–Crippen LogP) is 4.11. The fourth-order valence-corrected chi connectivity index (χ4v) is 3.76. The number of piperidine rings is 1. The summed E-state index contributed by atoms with van der Waals surface area (Å²) in [6.07, 6.45) is 2.23. The third-order valence-electron chi connectivity index (χ3n) is 5.29. The van der Waals surface area contributed by atoms with E-state index >= 15 is 0 Å². The number of methoxy groups -OCH3 is 1. The third kappa shape index (κ3) is 4.97. The number of nitrogens with one attached hydrogen (secondary N) is 1. The zero-order valence-electron chi connectivity index (χ0n) is 17.0. The van der Waals surface area contributed by atoms with E-state index in [0.29, 0.717) is 19.1 Å². The van der Waals surface area contributed by atoms with Crippen molar-refractivity contribution in [1.29, 1.82) is 0 Å². The molecule has 1 aliphatic heterocycles. The van der Waals surface area contributed by atoms with Gasteiger partial charge in [0.05, 0.1) is 19.4 Å². The van der Waals surface area contributed by atoms with Crippen LogP contribution in [0.4, 0.5) is 5.69 Å². The lowest BCUT2D eigenvalue weighted by molar-refractivity contribution is -0.119. The molecule has 0 bridgehead atoms. The molecule has 1 amide bonds. The van der Waals surface area contributed by atoms with E-state index in [-0.39, 0.29) is 5.91 Å². The van der Waals surface area contributed by atoms with E-state index in [9.17, 15) is 4.79 Å². The Hall–Kier alpha value is -2.69. The van der Waals surface area contributed by atoms with Gasteiger partial charge in [0.15, 0.2) is 0 Å². The van der Waals surface area contributed by atoms with Crippen LogP contribution in [0.3, 0.4) is 0 Å². The number of hydrogen-bond acceptors (Lipinski definition) is 4. The van der Waals surface area contributed by atoms with Crippen LogP contribution in [-0.4, -0.2) is 32.7 Å². The maximum atomic E-state index is 11.0. The first kappa shape index (κ1) is 20.1. The first-order valence-electron chi connectivity index (χ1n) is 9.99. The van der Waals surface area contributed by atoms with E-state index in [1.165, 1.54) is 5.56 Å². The highest BCUT2D eigenvalue weighted by atomic mass is 16.5. The second-order valence-electron chi connectivity index (χ2n) is 7.18. The van der Waals surface area contributed by atoms with E-state index < -0.39 is 0 Å². The third-order valence-corrected chi connectivity index (χ3v) is 5.29. The number of carbonyl (C=O) groups is 1. The van der Waals surface area contributed by atoms with Gasteiger partial charge >= 0.3 is 0 Å². The lowest BCUT2D eigenvalue weighted by atomic mass is 9.88. The number of hydrogen-bond donors (Lipinski definition) is 1. The van der Waals surface area contributed by atoms with Crippen LogP contribution in [0.5, 0.6) is 11.5 Å². The summed E-state index contributed by atoms with van der Waals surface area (Å²) in [5.74, 6) is 2.28. The molecule has 0 aromatic heterocycles. The smallest absolute Gasteiger partial charge is 0.217 e. The fraction of sp³-hybridized carbons (Fsp3) is 0.435. The van der Waals surface area contributed by atoms with Crippen molar-refractivity contribution >= 4 is 11.6 Å². The largest absolute Gasteiger partial charge is 0.494 e. The Labute approximate surface area is 167 Å². The average Bonchev–Trinajstić information content (AvgIpc) is 2.73. The minimum atomic E-state index is 0.00108. The summed E-state index contributed by atoms with van der Waals surface area (Å²) in [7, 11) is 1.71. The Bertz CT molecular complexity index is 781. The highest BCUT2D eigenvalue weighted by Gasteiger charge is 2.23. The summed E-state index contributed by atoms with van der Waals surface area (Å²) in [5.41, 5.74) is 3.65. The zero-order chi connectivity index (χ0) is 19.9. The molecule has 2 aromatic rings. The molecule has 0 saturated carbocycles. The van der Waals surface area contributed by atoms with Gasteiger partial charge in [0, 0.05) is 32.6 Å². The molecular formula is C23H30N2O3. The number of nitrogens with zero attached hydrogens (tertiary/aromatic N) is 1. The summed E-state index contributed by atoms with van der Waals surface area (Å²) < 4.78 is 11.2. The van der Waals surface area contributed by atoms with E-state index in [0.717, 1.165) is 48.7 Å². The van der Waals surface area contributed by atoms with Gasteiger partial charge < -0.3 is 19.7 Å². The first-order chi connectivity index (χ1) is 13.6. The molecule has 1 heterocycles. The number of amides is 1. The summed E-state index contributed by atoms with van der Waals surface area (Å²) in [4.78, 5) is 13.4. The molecule has 0 atom stereocenters. The van der Waals surface area contributed by atoms with Crippen LogP contribution in [0.2, 0.25) is 0 Å². The van der Waals surface area contributed by atoms with Crippen LogP contribution < -0.4 is 19.7 Å². The molecule has 3 rings (SSSR count). The van der Waals surface area contributed by atoms with Gasteiger partial charge in [-0.25, -0.2) is 0 Å². The molecule has 0 aliphatic carbocycles. The summed E-state index contributed by atoms with van der Waals surface area (Å²) >= 11 is 0. The number of rotatable bonds is 7. The molecule has 0 spiro atoms. The summed E-state index contributed by atoms with van der Waals surface area (Å²) in [6.45, 7) is 6.77. The maximum absolute atomic E-state index is 11.0. The molecule has 150 valence electrons. The van der Waals surface area contributed by atoms with Gasteiger partial charge in [-0.3, -0.25) is 4.79 Å². The van der Waals surface area contributed by atoms with Gasteiger partial charge in [-0.1, -0.05) is 24.3 Å². The van der Waals surface area contributed by atoms with Gasteiger partial charge in [-0.15, -0.1) is 0 Å². The molecule has 28 heavy (non-hydrogen) atoms. The number of ether oxygens (including phenoxy) is 2. The number of benzene rings is 2. The van der Waals surface area contributed by atoms with Crippen LogP contribution in [0.1, 0.15) is 43.7 Å². The Kier molecular flexibility index (Phi) is 6.80. The van der Waals surface area contributed by atoms with Crippen molar-refractivity contribution in [2.75, 3.05) is 31.7 Å². The lowest BCUT2D eigenvalue weighted by Crippen LogP contribution is -2.33. The predicted molar refractivity (Wildman–Crippen MR) is 112 cm³/mol. The Balaban J connectivity index is 1.60. The summed E-state index contributed by atoms with van der Waals surface area (Å²) in [5, 5.41) is 2.84. The normalized spacial score (nSPS) is 14.6. The molecule has 0 radical (unpaired) electrons. The van der Waals surface area contributed by atoms with Crippen LogP contribution in [0.25, 0.3) is 0 Å². The molecule has 5 nitrogen and oxygen atoms in total. The van der Waals surface area contributed by atoms with E-state index in [1.54, 1.807) is 14.0 Å². The molecular weight excluding hydrogens is 352 g/mol. The van der Waals surface area contributed by atoms with Crippen molar-refractivity contribution < 1.29 is 14.3 Å². The second kappa shape index (κ2) is 9.49. The van der Waals surface area contributed by atoms with Gasteiger partial charge in [0.1, 0.15) is 11.5 Å². The second-order valence-corrected chi connectivity index (χ2v) is 7.18. The minimum Gasteiger partial charge on any atom is -0.494 e. The van der Waals surface area contributed by atoms with Gasteiger partial charge in [0.2, 0.25) is 5.91 Å². The van der Waals surface area contributed by atoms with Crippen molar-refractivity contribution in [1.82, 2.24) is 5.32 Å². The topological polar surface area (TPSA) is 50.8 Å². The van der Waals surface area contributed by atoms with Crippen LogP contribution in [0.15, 0.2) is 42.5 Å². The Morgan fingerprint density at radius 1 is 1.14 bits per heavy atom. The standard InChI is InChI=1S/C23H30N2O3/c1-4-28-21-9-10-22(23(15-21)27-3)25-13-11-20(12-14-25)19-7-5-18(6-8-19)16-24-17(2)26/h5-10,15,20H,4,11-14,16H2,1-3H3,(H,24,26). The number of anilines is 1. The van der Waals surface area contributed by atoms with Crippen LogP contribution in [-0.2, 0) is 11.3 Å². The van der Waals surface area contributed by atoms with Gasteiger partial charge in [0.25, 0.3) is 0 Å². The molecule has 5 heteroatoms. The molecule has 2 aromatic carbocycles. The Morgan fingerprint density at radius 3 is 2.46 bits per heavy atom. The van der Waals surface area contributed by atoms with Crippen molar-refractivity contribution in [2.24, 2.45) is 0 Å². The highest BCUT2D eigenvalue weighted by Crippen LogP contribution is 2.36. The molecule has 0 unspecified atom stereocenters. The molecule has 1 fully saturated rings. The van der Waals surface area contributed by atoms with E-state index in [1.807, 2.05) is 19.1 Å². The summed E-state index contributed by atoms with van der Waals surface area (Å²) in [6, 6.07) is 14.7. The quantitative estimate of drug-likeness (QED) is 0.783. The van der Waals surface area contributed by atoms with Crippen molar-refractivity contribution in [3.63, 3.8) is 0 Å². The SMILES string of the molecule is CCOc1ccc(N2CCC(c3ccc(CNC(C)=O)cc3)CC2)c(OC)c1. The number of carbonyl (C=O) groups excluding carboxylic acids is 1. The van der Waals surface area contributed by atoms with Gasteiger partial charge in [-0.05, 0) is 48.9 Å². The molecule has 1 N–H and O–H groups in total.